The number of benzene rings is 2. The molecule has 0 unspecified atom stereocenters. The Morgan fingerprint density at radius 1 is 1.27 bits per heavy atom. The van der Waals surface area contributed by atoms with Crippen LogP contribution < -0.4 is 15.0 Å². The van der Waals surface area contributed by atoms with Crippen molar-refractivity contribution in [2.24, 2.45) is 0 Å². The molecule has 3 aromatic rings. The molecule has 4 rings (SSSR count). The number of para-hydroxylation sites is 1. The monoisotopic (exact) mass is 442 g/mol. The van der Waals surface area contributed by atoms with Crippen molar-refractivity contribution in [2.45, 2.75) is 19.3 Å². The summed E-state index contributed by atoms with van der Waals surface area (Å²) in [7, 11) is 0. The lowest BCUT2D eigenvalue weighted by Gasteiger charge is -2.17. The van der Waals surface area contributed by atoms with Gasteiger partial charge in [-0.25, -0.2) is 0 Å². The number of hydrogen-bond donors (Lipinski definition) is 1. The first-order valence-corrected chi connectivity index (χ1v) is 10.6. The number of ether oxygens (including phenoxy) is 1. The van der Waals surface area contributed by atoms with Gasteiger partial charge in [-0.05, 0) is 36.8 Å². The van der Waals surface area contributed by atoms with Crippen LogP contribution >= 0.6 is 22.9 Å². The van der Waals surface area contributed by atoms with Gasteiger partial charge in [0.2, 0.25) is 11.0 Å². The summed E-state index contributed by atoms with van der Waals surface area (Å²) in [6, 6.07) is 14.7. The number of amides is 2. The number of carbonyl (C=O) groups excluding carboxylic acids is 2. The van der Waals surface area contributed by atoms with E-state index in [0.29, 0.717) is 33.9 Å². The van der Waals surface area contributed by atoms with Crippen LogP contribution in [0, 0.1) is 6.92 Å². The molecule has 0 spiro atoms. The van der Waals surface area contributed by atoms with E-state index in [1.54, 1.807) is 23.1 Å². The number of anilines is 2. The minimum absolute atomic E-state index is 0.0111. The zero-order valence-corrected chi connectivity index (χ0v) is 17.7. The van der Waals surface area contributed by atoms with Crippen molar-refractivity contribution in [3.63, 3.8) is 0 Å². The Kier molecular flexibility index (Phi) is 5.96. The largest absolute Gasteiger partial charge is 0.484 e. The van der Waals surface area contributed by atoms with Gasteiger partial charge in [0.15, 0.2) is 6.61 Å². The molecule has 0 saturated carbocycles. The third-order valence-corrected chi connectivity index (χ3v) is 6.15. The van der Waals surface area contributed by atoms with Gasteiger partial charge >= 0.3 is 0 Å². The topological polar surface area (TPSA) is 84.4 Å². The van der Waals surface area contributed by atoms with Crippen LogP contribution in [-0.4, -0.2) is 35.2 Å². The number of carbonyl (C=O) groups is 2. The molecule has 2 aromatic carbocycles. The number of nitrogens with one attached hydrogen (secondary N) is 1. The van der Waals surface area contributed by atoms with Crippen LogP contribution in [0.5, 0.6) is 5.75 Å². The van der Waals surface area contributed by atoms with Crippen molar-refractivity contribution in [1.29, 1.82) is 0 Å². The highest BCUT2D eigenvalue weighted by Crippen LogP contribution is 2.35. The molecule has 9 heteroatoms. The average Bonchev–Trinajstić information content (AvgIpc) is 3.36. The van der Waals surface area contributed by atoms with Gasteiger partial charge in [-0.1, -0.05) is 47.2 Å². The number of halogens is 1. The highest BCUT2D eigenvalue weighted by Gasteiger charge is 2.34. The zero-order valence-electron chi connectivity index (χ0n) is 16.2. The van der Waals surface area contributed by atoms with Crippen LogP contribution in [0.25, 0.3) is 0 Å². The molecular weight excluding hydrogens is 424 g/mol. The highest BCUT2D eigenvalue weighted by molar-refractivity contribution is 7.15. The molecule has 0 radical (unpaired) electrons. The molecule has 1 aliphatic rings. The van der Waals surface area contributed by atoms with E-state index in [4.69, 9.17) is 16.3 Å². The van der Waals surface area contributed by atoms with Crippen LogP contribution in [0.4, 0.5) is 10.8 Å². The molecule has 154 valence electrons. The molecule has 1 atom stereocenters. The van der Waals surface area contributed by atoms with Gasteiger partial charge in [-0.15, -0.1) is 10.2 Å². The molecule has 1 aromatic heterocycles. The summed E-state index contributed by atoms with van der Waals surface area (Å²) in [5.41, 5.74) is 1.73. The molecule has 2 heterocycles. The van der Waals surface area contributed by atoms with Gasteiger partial charge in [0.05, 0.1) is 0 Å². The SMILES string of the molecule is Cc1ccc(N2C[C@@H](c3nnc(NC(=O)COc4ccccc4)s3)CC2=O)cc1Cl. The summed E-state index contributed by atoms with van der Waals surface area (Å²) in [4.78, 5) is 26.3. The van der Waals surface area contributed by atoms with Crippen LogP contribution in [-0.2, 0) is 9.59 Å². The van der Waals surface area contributed by atoms with E-state index in [-0.39, 0.29) is 24.3 Å². The summed E-state index contributed by atoms with van der Waals surface area (Å²) in [6.07, 6.45) is 0.338. The Labute approximate surface area is 182 Å². The second-order valence-electron chi connectivity index (χ2n) is 6.93. The third kappa shape index (κ3) is 4.60. The van der Waals surface area contributed by atoms with Crippen LogP contribution in [0.15, 0.2) is 48.5 Å². The summed E-state index contributed by atoms with van der Waals surface area (Å²) in [5, 5.41) is 12.6. The lowest BCUT2D eigenvalue weighted by atomic mass is 10.1. The summed E-state index contributed by atoms with van der Waals surface area (Å²) in [6.45, 7) is 2.30. The van der Waals surface area contributed by atoms with E-state index in [0.717, 1.165) is 11.3 Å². The first-order chi connectivity index (χ1) is 14.5. The average molecular weight is 443 g/mol. The van der Waals surface area contributed by atoms with Crippen molar-refractivity contribution < 1.29 is 14.3 Å². The zero-order chi connectivity index (χ0) is 21.1. The van der Waals surface area contributed by atoms with Crippen molar-refractivity contribution >= 4 is 45.6 Å². The van der Waals surface area contributed by atoms with Gasteiger partial charge in [0.25, 0.3) is 5.91 Å². The maximum Gasteiger partial charge on any atom is 0.264 e. The fraction of sp³-hybridized carbons (Fsp3) is 0.238. The Bertz CT molecular complexity index is 1070. The lowest BCUT2D eigenvalue weighted by Crippen LogP contribution is -2.24. The third-order valence-electron chi connectivity index (χ3n) is 4.74. The summed E-state index contributed by atoms with van der Waals surface area (Å²) in [5.74, 6) is 0.226. The Hall–Kier alpha value is -2.97. The van der Waals surface area contributed by atoms with Crippen molar-refractivity contribution in [3.8, 4) is 5.75 Å². The number of nitrogens with zero attached hydrogens (tertiary/aromatic N) is 3. The van der Waals surface area contributed by atoms with Crippen LogP contribution in [0.3, 0.4) is 0 Å². The maximum absolute atomic E-state index is 12.5. The fourth-order valence-corrected chi connectivity index (χ4v) is 4.17. The van der Waals surface area contributed by atoms with E-state index < -0.39 is 0 Å². The van der Waals surface area contributed by atoms with Crippen molar-refractivity contribution in [1.82, 2.24) is 10.2 Å². The Morgan fingerprint density at radius 3 is 2.83 bits per heavy atom. The first kappa shape index (κ1) is 20.3. The second kappa shape index (κ2) is 8.81. The molecular formula is C21H19ClN4O3S. The van der Waals surface area contributed by atoms with E-state index in [9.17, 15) is 9.59 Å². The summed E-state index contributed by atoms with van der Waals surface area (Å²) < 4.78 is 5.42. The van der Waals surface area contributed by atoms with E-state index in [1.807, 2.05) is 37.3 Å². The van der Waals surface area contributed by atoms with E-state index in [2.05, 4.69) is 15.5 Å². The minimum atomic E-state index is -0.319. The molecule has 0 aliphatic carbocycles. The molecule has 1 saturated heterocycles. The second-order valence-corrected chi connectivity index (χ2v) is 8.35. The smallest absolute Gasteiger partial charge is 0.264 e. The Morgan fingerprint density at radius 2 is 2.07 bits per heavy atom. The minimum Gasteiger partial charge on any atom is -0.484 e. The Balaban J connectivity index is 1.36. The number of rotatable bonds is 6. The molecule has 30 heavy (non-hydrogen) atoms. The molecule has 1 N–H and O–H groups in total. The van der Waals surface area contributed by atoms with Gasteiger partial charge in [-0.2, -0.15) is 0 Å². The normalized spacial score (nSPS) is 16.0. The highest BCUT2D eigenvalue weighted by atomic mass is 35.5. The van der Waals surface area contributed by atoms with Gasteiger partial charge < -0.3 is 9.64 Å². The number of hydrogen-bond acceptors (Lipinski definition) is 6. The van der Waals surface area contributed by atoms with Crippen molar-refractivity contribution in [2.75, 3.05) is 23.4 Å². The van der Waals surface area contributed by atoms with Gasteiger partial charge in [0, 0.05) is 29.6 Å². The molecule has 1 aliphatic heterocycles. The summed E-state index contributed by atoms with van der Waals surface area (Å²) >= 11 is 7.47. The van der Waals surface area contributed by atoms with Gasteiger partial charge in [0.1, 0.15) is 10.8 Å². The lowest BCUT2D eigenvalue weighted by molar-refractivity contribution is -0.118. The quantitative estimate of drug-likeness (QED) is 0.622. The van der Waals surface area contributed by atoms with E-state index in [1.165, 1.54) is 11.3 Å². The van der Waals surface area contributed by atoms with Crippen LogP contribution in [0.2, 0.25) is 5.02 Å². The molecule has 1 fully saturated rings. The van der Waals surface area contributed by atoms with Crippen LogP contribution in [0.1, 0.15) is 22.9 Å². The van der Waals surface area contributed by atoms with Crippen molar-refractivity contribution in [3.05, 3.63) is 64.1 Å². The predicted octanol–water partition coefficient (Wildman–Crippen LogP) is 4.04. The first-order valence-electron chi connectivity index (χ1n) is 9.37. The fourth-order valence-electron chi connectivity index (χ4n) is 3.14. The molecule has 2 amide bonds. The molecule has 0 bridgehead atoms. The maximum atomic E-state index is 12.5. The van der Waals surface area contributed by atoms with E-state index >= 15 is 0 Å². The number of aromatic nitrogens is 2. The molecule has 7 nitrogen and oxygen atoms in total. The predicted molar refractivity (Wildman–Crippen MR) is 116 cm³/mol. The number of aryl methyl sites for hydroxylation is 1. The standard InChI is InChI=1S/C21H19ClN4O3S/c1-13-7-8-15(10-17(13)22)26-11-14(9-19(26)28)20-24-25-21(30-20)23-18(27)12-29-16-5-3-2-4-6-16/h2-8,10,14H,9,11-12H2,1H3,(H,23,25,27)/t14-/m0/s1. The van der Waals surface area contributed by atoms with Gasteiger partial charge in [-0.3, -0.25) is 14.9 Å².